The molecule has 0 unspecified atom stereocenters. The molecule has 1 aromatic heterocycles. The summed E-state index contributed by atoms with van der Waals surface area (Å²) in [6, 6.07) is 0. The molecule has 0 aliphatic heterocycles. The first-order valence-electron chi connectivity index (χ1n) is 6.38. The van der Waals surface area contributed by atoms with Crippen molar-refractivity contribution in [1.29, 1.82) is 0 Å². The second-order valence-corrected chi connectivity index (χ2v) is 6.15. The molecule has 0 spiro atoms. The van der Waals surface area contributed by atoms with Crippen LogP contribution in [-0.4, -0.2) is 39.9 Å². The van der Waals surface area contributed by atoms with Crippen LogP contribution in [-0.2, 0) is 11.3 Å². The van der Waals surface area contributed by atoms with Crippen LogP contribution >= 0.6 is 11.3 Å². The van der Waals surface area contributed by atoms with Crippen molar-refractivity contribution in [3.05, 3.63) is 5.01 Å². The zero-order valence-electron chi connectivity index (χ0n) is 12.2. The van der Waals surface area contributed by atoms with E-state index in [1.807, 2.05) is 20.8 Å². The number of ether oxygens (including phenoxy) is 1. The summed E-state index contributed by atoms with van der Waals surface area (Å²) < 4.78 is 5.15. The minimum atomic E-state index is -0.515. The van der Waals surface area contributed by atoms with Gasteiger partial charge in [-0.1, -0.05) is 25.2 Å². The first kappa shape index (κ1) is 15.8. The van der Waals surface area contributed by atoms with Crippen LogP contribution in [0, 0.1) is 0 Å². The fourth-order valence-corrected chi connectivity index (χ4v) is 2.17. The van der Waals surface area contributed by atoms with E-state index in [0.717, 1.165) is 24.6 Å². The summed E-state index contributed by atoms with van der Waals surface area (Å²) in [7, 11) is 0. The number of hydrogen-bond donors (Lipinski definition) is 1. The van der Waals surface area contributed by atoms with Crippen molar-refractivity contribution in [3.8, 4) is 0 Å². The Morgan fingerprint density at radius 1 is 1.32 bits per heavy atom. The molecule has 1 rings (SSSR count). The predicted octanol–water partition coefficient (Wildman–Crippen LogP) is 2.73. The molecule has 108 valence electrons. The molecule has 6 nitrogen and oxygen atoms in total. The van der Waals surface area contributed by atoms with E-state index in [-0.39, 0.29) is 0 Å². The normalized spacial score (nSPS) is 11.7. The third kappa shape index (κ3) is 5.98. The second kappa shape index (κ2) is 6.81. The third-order valence-electron chi connectivity index (χ3n) is 2.33. The van der Waals surface area contributed by atoms with E-state index in [0.29, 0.717) is 5.13 Å². The Morgan fingerprint density at radius 3 is 2.47 bits per heavy atom. The van der Waals surface area contributed by atoms with Gasteiger partial charge in [0.25, 0.3) is 0 Å². The highest BCUT2D eigenvalue weighted by atomic mass is 32.1. The summed E-state index contributed by atoms with van der Waals surface area (Å²) in [5.74, 6) is 0. The molecular weight excluding hydrogens is 264 g/mol. The summed E-state index contributed by atoms with van der Waals surface area (Å²) >= 11 is 1.37. The predicted molar refractivity (Wildman–Crippen MR) is 76.4 cm³/mol. The third-order valence-corrected chi connectivity index (χ3v) is 3.15. The molecule has 0 aliphatic carbocycles. The van der Waals surface area contributed by atoms with Crippen molar-refractivity contribution in [2.75, 3.05) is 18.4 Å². The van der Waals surface area contributed by atoms with Gasteiger partial charge in [0.1, 0.15) is 10.6 Å². The molecule has 0 atom stereocenters. The minimum absolute atomic E-state index is 0.469. The summed E-state index contributed by atoms with van der Waals surface area (Å²) in [5, 5.41) is 11.9. The van der Waals surface area contributed by atoms with Gasteiger partial charge in [0.15, 0.2) is 0 Å². The highest BCUT2D eigenvalue weighted by Gasteiger charge is 2.17. The van der Waals surface area contributed by atoms with Crippen LogP contribution < -0.4 is 5.32 Å². The number of rotatable bonds is 5. The number of aromatic nitrogens is 2. The van der Waals surface area contributed by atoms with Gasteiger partial charge >= 0.3 is 6.09 Å². The SMILES string of the molecule is CCN(CC)Cc1nnc(NC(=O)OC(C)(C)C)s1. The molecule has 0 aliphatic rings. The molecule has 0 saturated heterocycles. The Kier molecular flexibility index (Phi) is 5.68. The van der Waals surface area contributed by atoms with E-state index >= 15 is 0 Å². The maximum atomic E-state index is 11.6. The Labute approximate surface area is 118 Å². The van der Waals surface area contributed by atoms with Crippen LogP contribution in [0.15, 0.2) is 0 Å². The van der Waals surface area contributed by atoms with Gasteiger partial charge in [-0.15, -0.1) is 10.2 Å². The van der Waals surface area contributed by atoms with Crippen molar-refractivity contribution in [3.63, 3.8) is 0 Å². The van der Waals surface area contributed by atoms with Crippen LogP contribution in [0.1, 0.15) is 39.6 Å². The molecular formula is C12H22N4O2S. The van der Waals surface area contributed by atoms with E-state index < -0.39 is 11.7 Å². The maximum Gasteiger partial charge on any atom is 0.414 e. The topological polar surface area (TPSA) is 67.4 Å². The van der Waals surface area contributed by atoms with Crippen LogP contribution in [0.3, 0.4) is 0 Å². The summed E-state index contributed by atoms with van der Waals surface area (Å²) in [6.45, 7) is 12.3. The Morgan fingerprint density at radius 2 is 1.95 bits per heavy atom. The fourth-order valence-electron chi connectivity index (χ4n) is 1.40. The molecule has 0 aromatic carbocycles. The molecule has 0 radical (unpaired) electrons. The van der Waals surface area contributed by atoms with Gasteiger partial charge in [0.05, 0.1) is 6.54 Å². The minimum Gasteiger partial charge on any atom is -0.444 e. The monoisotopic (exact) mass is 286 g/mol. The van der Waals surface area contributed by atoms with E-state index in [4.69, 9.17) is 4.74 Å². The number of hydrogen-bond acceptors (Lipinski definition) is 6. The van der Waals surface area contributed by atoms with Crippen LogP contribution in [0.25, 0.3) is 0 Å². The Hall–Kier alpha value is -1.21. The van der Waals surface area contributed by atoms with Crippen molar-refractivity contribution >= 4 is 22.6 Å². The van der Waals surface area contributed by atoms with Gasteiger partial charge in [-0.05, 0) is 33.9 Å². The van der Waals surface area contributed by atoms with Crippen LogP contribution in [0.2, 0.25) is 0 Å². The molecule has 0 bridgehead atoms. The number of anilines is 1. The van der Waals surface area contributed by atoms with Gasteiger partial charge in [-0.3, -0.25) is 10.2 Å². The Balaban J connectivity index is 2.53. The molecule has 0 fully saturated rings. The van der Waals surface area contributed by atoms with Gasteiger partial charge in [0.2, 0.25) is 5.13 Å². The van der Waals surface area contributed by atoms with Gasteiger partial charge in [-0.2, -0.15) is 0 Å². The fraction of sp³-hybridized carbons (Fsp3) is 0.750. The van der Waals surface area contributed by atoms with E-state index in [2.05, 4.69) is 34.3 Å². The summed E-state index contributed by atoms with van der Waals surface area (Å²) in [5.41, 5.74) is -0.515. The van der Waals surface area contributed by atoms with E-state index in [9.17, 15) is 4.79 Å². The molecule has 1 aromatic rings. The number of carbonyl (C=O) groups is 1. The molecule has 7 heteroatoms. The van der Waals surface area contributed by atoms with Crippen molar-refractivity contribution < 1.29 is 9.53 Å². The average Bonchev–Trinajstić information content (AvgIpc) is 2.70. The molecule has 19 heavy (non-hydrogen) atoms. The first-order chi connectivity index (χ1) is 8.84. The standard InChI is InChI=1S/C12H22N4O2S/c1-6-16(7-2)8-9-14-15-10(19-9)13-11(17)18-12(3,4)5/h6-8H2,1-5H3,(H,13,15,17). The smallest absolute Gasteiger partial charge is 0.414 e. The zero-order chi connectivity index (χ0) is 14.5. The number of carbonyl (C=O) groups excluding carboxylic acids is 1. The number of amides is 1. The van der Waals surface area contributed by atoms with Gasteiger partial charge in [-0.25, -0.2) is 4.79 Å². The van der Waals surface area contributed by atoms with Crippen LogP contribution in [0.5, 0.6) is 0 Å². The van der Waals surface area contributed by atoms with Gasteiger partial charge in [0, 0.05) is 0 Å². The lowest BCUT2D eigenvalue weighted by molar-refractivity contribution is 0.0636. The van der Waals surface area contributed by atoms with Crippen LogP contribution in [0.4, 0.5) is 9.93 Å². The summed E-state index contributed by atoms with van der Waals surface area (Å²) in [4.78, 5) is 13.8. The Bertz CT molecular complexity index is 410. The molecule has 0 saturated carbocycles. The highest BCUT2D eigenvalue weighted by Crippen LogP contribution is 2.18. The van der Waals surface area contributed by atoms with Crippen molar-refractivity contribution in [2.45, 2.75) is 46.8 Å². The second-order valence-electron chi connectivity index (χ2n) is 5.09. The first-order valence-corrected chi connectivity index (χ1v) is 7.20. The van der Waals surface area contributed by atoms with Crippen molar-refractivity contribution in [2.24, 2.45) is 0 Å². The number of nitrogens with one attached hydrogen (secondary N) is 1. The summed E-state index contributed by atoms with van der Waals surface area (Å²) in [6.07, 6.45) is -0.502. The zero-order valence-corrected chi connectivity index (χ0v) is 13.0. The molecule has 1 heterocycles. The lowest BCUT2D eigenvalue weighted by Crippen LogP contribution is -2.27. The quantitative estimate of drug-likeness (QED) is 0.901. The number of nitrogens with zero attached hydrogens (tertiary/aromatic N) is 3. The lowest BCUT2D eigenvalue weighted by atomic mass is 10.2. The molecule has 1 N–H and O–H groups in total. The van der Waals surface area contributed by atoms with Crippen molar-refractivity contribution in [1.82, 2.24) is 15.1 Å². The maximum absolute atomic E-state index is 11.6. The highest BCUT2D eigenvalue weighted by molar-refractivity contribution is 7.15. The molecule has 1 amide bonds. The lowest BCUT2D eigenvalue weighted by Gasteiger charge is -2.18. The van der Waals surface area contributed by atoms with E-state index in [1.165, 1.54) is 11.3 Å². The van der Waals surface area contributed by atoms with E-state index in [1.54, 1.807) is 0 Å². The largest absolute Gasteiger partial charge is 0.444 e. The average molecular weight is 286 g/mol. The van der Waals surface area contributed by atoms with Gasteiger partial charge < -0.3 is 4.74 Å².